The van der Waals surface area contributed by atoms with Crippen LogP contribution in [-0.4, -0.2) is 25.1 Å². The van der Waals surface area contributed by atoms with Gasteiger partial charge in [0.1, 0.15) is 5.75 Å². The number of amides is 1. The second kappa shape index (κ2) is 5.24. The Balaban J connectivity index is 2.47. The van der Waals surface area contributed by atoms with Gasteiger partial charge >= 0.3 is 0 Å². The van der Waals surface area contributed by atoms with Crippen molar-refractivity contribution in [1.82, 2.24) is 5.01 Å². The van der Waals surface area contributed by atoms with Crippen molar-refractivity contribution in [3.8, 4) is 5.75 Å². The quantitative estimate of drug-likeness (QED) is 0.323. The fourth-order valence-electron chi connectivity index (χ4n) is 1.10. The maximum absolute atomic E-state index is 10.2. The van der Waals surface area contributed by atoms with E-state index in [4.69, 9.17) is 10.6 Å². The van der Waals surface area contributed by atoms with E-state index in [1.165, 1.54) is 0 Å². The molecule has 1 rings (SSSR count). The van der Waals surface area contributed by atoms with Crippen molar-refractivity contribution in [3.63, 3.8) is 0 Å². The molecule has 1 aromatic rings. The molecule has 0 saturated carbocycles. The molecule has 0 aliphatic rings. The van der Waals surface area contributed by atoms with Gasteiger partial charge in [-0.05, 0) is 24.1 Å². The number of nitrogens with two attached hydrogens (primary N) is 1. The zero-order valence-electron chi connectivity index (χ0n) is 8.14. The van der Waals surface area contributed by atoms with Crippen LogP contribution < -0.4 is 10.6 Å². The molecule has 0 atom stereocenters. The first-order valence-electron chi connectivity index (χ1n) is 4.36. The van der Waals surface area contributed by atoms with Crippen LogP contribution in [0.3, 0.4) is 0 Å². The van der Waals surface area contributed by atoms with Gasteiger partial charge in [-0.15, -0.1) is 0 Å². The summed E-state index contributed by atoms with van der Waals surface area (Å²) in [6.07, 6.45) is 1.36. The minimum Gasteiger partial charge on any atom is -0.497 e. The van der Waals surface area contributed by atoms with E-state index in [0.717, 1.165) is 22.7 Å². The highest BCUT2D eigenvalue weighted by atomic mass is 16.5. The van der Waals surface area contributed by atoms with Gasteiger partial charge in [0, 0.05) is 6.54 Å². The van der Waals surface area contributed by atoms with Gasteiger partial charge < -0.3 is 4.74 Å². The van der Waals surface area contributed by atoms with Gasteiger partial charge in [0.25, 0.3) is 0 Å². The average molecular weight is 194 g/mol. The van der Waals surface area contributed by atoms with Gasteiger partial charge in [0.2, 0.25) is 6.41 Å². The molecular formula is C10H14N2O2. The van der Waals surface area contributed by atoms with Crippen LogP contribution in [0.4, 0.5) is 0 Å². The fraction of sp³-hybridized carbons (Fsp3) is 0.300. The van der Waals surface area contributed by atoms with Crippen LogP contribution in [0.1, 0.15) is 5.56 Å². The van der Waals surface area contributed by atoms with Crippen molar-refractivity contribution >= 4 is 6.41 Å². The summed E-state index contributed by atoms with van der Waals surface area (Å²) in [6, 6.07) is 7.68. The number of hydrazine groups is 1. The van der Waals surface area contributed by atoms with Crippen LogP contribution in [0.25, 0.3) is 0 Å². The first-order valence-corrected chi connectivity index (χ1v) is 4.36. The number of methoxy groups -OCH3 is 1. The van der Waals surface area contributed by atoms with Crippen molar-refractivity contribution in [2.45, 2.75) is 6.42 Å². The van der Waals surface area contributed by atoms with E-state index in [1.54, 1.807) is 7.11 Å². The van der Waals surface area contributed by atoms with Crippen LogP contribution in [0, 0.1) is 0 Å². The summed E-state index contributed by atoms with van der Waals surface area (Å²) < 4.78 is 5.02. The molecule has 0 spiro atoms. The minimum atomic E-state index is 0.524. The Morgan fingerprint density at radius 3 is 2.57 bits per heavy atom. The highest BCUT2D eigenvalue weighted by Crippen LogP contribution is 2.11. The van der Waals surface area contributed by atoms with Crippen LogP contribution in [0.2, 0.25) is 0 Å². The second-order valence-electron chi connectivity index (χ2n) is 2.94. The Morgan fingerprint density at radius 2 is 2.07 bits per heavy atom. The molecular weight excluding hydrogens is 180 g/mol. The summed E-state index contributed by atoms with van der Waals surface area (Å²) in [5.41, 5.74) is 1.13. The highest BCUT2D eigenvalue weighted by molar-refractivity contribution is 5.45. The molecule has 0 bridgehead atoms. The number of ether oxygens (including phenoxy) is 1. The lowest BCUT2D eigenvalue weighted by Crippen LogP contribution is -2.31. The minimum absolute atomic E-state index is 0.524. The first-order chi connectivity index (χ1) is 6.76. The molecule has 0 heterocycles. The normalized spacial score (nSPS) is 9.57. The van der Waals surface area contributed by atoms with Gasteiger partial charge in [-0.2, -0.15) is 0 Å². The fourth-order valence-corrected chi connectivity index (χ4v) is 1.10. The molecule has 4 nitrogen and oxygen atoms in total. The van der Waals surface area contributed by atoms with Gasteiger partial charge in [-0.1, -0.05) is 12.1 Å². The van der Waals surface area contributed by atoms with Crippen LogP contribution in [-0.2, 0) is 11.2 Å². The van der Waals surface area contributed by atoms with E-state index in [-0.39, 0.29) is 0 Å². The zero-order chi connectivity index (χ0) is 10.4. The summed E-state index contributed by atoms with van der Waals surface area (Å²) >= 11 is 0. The van der Waals surface area contributed by atoms with Gasteiger partial charge in [-0.25, -0.2) is 5.84 Å². The van der Waals surface area contributed by atoms with Crippen molar-refractivity contribution in [3.05, 3.63) is 29.8 Å². The van der Waals surface area contributed by atoms with Crippen LogP contribution in [0.15, 0.2) is 24.3 Å². The maximum Gasteiger partial charge on any atom is 0.223 e. The highest BCUT2D eigenvalue weighted by Gasteiger charge is 1.97. The van der Waals surface area contributed by atoms with Crippen molar-refractivity contribution in [1.29, 1.82) is 0 Å². The smallest absolute Gasteiger partial charge is 0.223 e. The molecule has 1 aromatic carbocycles. The number of hydrogen-bond donors (Lipinski definition) is 1. The largest absolute Gasteiger partial charge is 0.497 e. The molecule has 0 radical (unpaired) electrons. The molecule has 0 aromatic heterocycles. The Kier molecular flexibility index (Phi) is 3.94. The van der Waals surface area contributed by atoms with E-state index < -0.39 is 0 Å². The van der Waals surface area contributed by atoms with Crippen molar-refractivity contribution in [2.75, 3.05) is 13.7 Å². The molecule has 1 amide bonds. The van der Waals surface area contributed by atoms with Gasteiger partial charge in [0.15, 0.2) is 0 Å². The number of carbonyl (C=O) groups excluding carboxylic acids is 1. The Labute approximate surface area is 83.2 Å². The first kappa shape index (κ1) is 10.5. The number of hydrogen-bond acceptors (Lipinski definition) is 3. The van der Waals surface area contributed by atoms with Crippen molar-refractivity contribution in [2.24, 2.45) is 5.84 Å². The number of rotatable bonds is 5. The average Bonchev–Trinajstić information content (AvgIpc) is 2.26. The number of carbonyl (C=O) groups is 1. The van der Waals surface area contributed by atoms with Gasteiger partial charge in [-0.3, -0.25) is 9.80 Å². The van der Waals surface area contributed by atoms with Crippen LogP contribution >= 0.6 is 0 Å². The summed E-state index contributed by atoms with van der Waals surface area (Å²) in [5, 5.41) is 1.13. The molecule has 0 saturated heterocycles. The van der Waals surface area contributed by atoms with Crippen LogP contribution in [0.5, 0.6) is 5.75 Å². The van der Waals surface area contributed by atoms with E-state index in [9.17, 15) is 4.79 Å². The van der Waals surface area contributed by atoms with E-state index in [0.29, 0.717) is 13.0 Å². The Hall–Kier alpha value is -1.55. The molecule has 76 valence electrons. The maximum atomic E-state index is 10.2. The standard InChI is InChI=1S/C10H14N2O2/c1-14-10-4-2-9(3-5-10)6-7-12(11)8-13/h2-5,8H,6-7,11H2,1H3. The number of nitrogens with zero attached hydrogens (tertiary/aromatic N) is 1. The topological polar surface area (TPSA) is 55.6 Å². The lowest BCUT2D eigenvalue weighted by atomic mass is 10.1. The summed E-state index contributed by atoms with van der Waals surface area (Å²) in [5.74, 6) is 6.14. The molecule has 4 heteroatoms. The molecule has 14 heavy (non-hydrogen) atoms. The molecule has 0 fully saturated rings. The summed E-state index contributed by atoms with van der Waals surface area (Å²) in [7, 11) is 1.63. The Morgan fingerprint density at radius 1 is 1.43 bits per heavy atom. The Bertz CT molecular complexity index is 285. The molecule has 0 unspecified atom stereocenters. The summed E-state index contributed by atoms with van der Waals surface area (Å²) in [6.45, 7) is 0.524. The predicted octanol–water partition coefficient (Wildman–Crippen LogP) is 0.570. The predicted molar refractivity (Wildman–Crippen MR) is 53.7 cm³/mol. The van der Waals surface area contributed by atoms with E-state index in [1.807, 2.05) is 24.3 Å². The monoisotopic (exact) mass is 194 g/mol. The third-order valence-corrected chi connectivity index (χ3v) is 1.95. The summed E-state index contributed by atoms with van der Waals surface area (Å²) in [4.78, 5) is 10.2. The third-order valence-electron chi connectivity index (χ3n) is 1.95. The lowest BCUT2D eigenvalue weighted by molar-refractivity contribution is -0.118. The SMILES string of the molecule is COc1ccc(CCN(N)C=O)cc1. The molecule has 0 aliphatic carbocycles. The third kappa shape index (κ3) is 3.06. The van der Waals surface area contributed by atoms with Crippen molar-refractivity contribution < 1.29 is 9.53 Å². The number of benzene rings is 1. The van der Waals surface area contributed by atoms with E-state index >= 15 is 0 Å². The zero-order valence-corrected chi connectivity index (χ0v) is 8.14. The van der Waals surface area contributed by atoms with E-state index in [2.05, 4.69) is 0 Å². The molecule has 0 aliphatic heterocycles. The second-order valence-corrected chi connectivity index (χ2v) is 2.94. The van der Waals surface area contributed by atoms with Gasteiger partial charge in [0.05, 0.1) is 7.11 Å². The molecule has 2 N–H and O–H groups in total. The lowest BCUT2D eigenvalue weighted by Gasteiger charge is -2.09.